The van der Waals surface area contributed by atoms with E-state index in [-0.39, 0.29) is 5.91 Å². The zero-order chi connectivity index (χ0) is 19.6. The maximum atomic E-state index is 12.8. The first-order chi connectivity index (χ1) is 14.3. The third-order valence-electron chi connectivity index (χ3n) is 5.38. The van der Waals surface area contributed by atoms with Gasteiger partial charge in [-0.2, -0.15) is 0 Å². The Morgan fingerprint density at radius 2 is 1.79 bits per heavy atom. The van der Waals surface area contributed by atoms with Crippen LogP contribution >= 0.6 is 0 Å². The molecule has 1 aliphatic heterocycles. The van der Waals surface area contributed by atoms with Gasteiger partial charge < -0.3 is 14.8 Å². The number of para-hydroxylation sites is 1. The van der Waals surface area contributed by atoms with Crippen molar-refractivity contribution in [1.82, 2.24) is 29.6 Å². The van der Waals surface area contributed by atoms with Crippen LogP contribution in [-0.2, 0) is 11.2 Å². The molecule has 1 aliphatic rings. The van der Waals surface area contributed by atoms with E-state index in [1.807, 2.05) is 52.2 Å². The summed E-state index contributed by atoms with van der Waals surface area (Å²) in [5.41, 5.74) is 2.12. The van der Waals surface area contributed by atoms with Gasteiger partial charge in [0, 0.05) is 55.7 Å². The first-order valence-corrected chi connectivity index (χ1v) is 9.68. The van der Waals surface area contributed by atoms with Gasteiger partial charge in [0.25, 0.3) is 0 Å². The number of carbonyl (C=O) groups excluding carboxylic acids is 1. The molecule has 1 amide bonds. The largest absolute Gasteiger partial charge is 0.361 e. The van der Waals surface area contributed by atoms with E-state index in [1.165, 1.54) is 0 Å². The predicted octanol–water partition coefficient (Wildman–Crippen LogP) is 2.03. The summed E-state index contributed by atoms with van der Waals surface area (Å²) in [7, 11) is 0. The summed E-state index contributed by atoms with van der Waals surface area (Å²) in [6.07, 6.45) is 7.60. The number of imidazole rings is 1. The van der Waals surface area contributed by atoms with E-state index in [2.05, 4.69) is 31.1 Å². The summed E-state index contributed by atoms with van der Waals surface area (Å²) in [6.45, 7) is 2.87. The molecular formula is C21H21N7O. The molecule has 0 saturated carbocycles. The number of carbonyl (C=O) groups is 1. The first kappa shape index (κ1) is 17.4. The summed E-state index contributed by atoms with van der Waals surface area (Å²) < 4.78 is 1.82. The van der Waals surface area contributed by atoms with Crippen molar-refractivity contribution in [2.24, 2.45) is 0 Å². The number of H-pyrrole nitrogens is 1. The lowest BCUT2D eigenvalue weighted by Gasteiger charge is -2.35. The van der Waals surface area contributed by atoms with Crippen LogP contribution in [-0.4, -0.2) is 61.7 Å². The zero-order valence-corrected chi connectivity index (χ0v) is 15.9. The molecule has 4 aromatic rings. The number of hydrogen-bond acceptors (Lipinski definition) is 5. The standard InChI is InChI=1S/C21H21N7O/c29-21(13-16-14-23-18-4-2-1-3-17(16)18)27-11-9-26(10-12-27)19-5-6-20(25-24-19)28-8-7-22-15-28/h1-8,14-15,23H,9-13H2. The Labute approximate surface area is 167 Å². The van der Waals surface area contributed by atoms with Gasteiger partial charge in [-0.1, -0.05) is 18.2 Å². The number of nitrogens with one attached hydrogen (secondary N) is 1. The SMILES string of the molecule is O=C(Cc1c[nH]c2ccccc12)N1CCN(c2ccc(-n3ccnc3)nn2)CC1. The van der Waals surface area contributed by atoms with Gasteiger partial charge in [0.15, 0.2) is 11.6 Å². The topological polar surface area (TPSA) is 82.9 Å². The Bertz CT molecular complexity index is 1110. The van der Waals surface area contributed by atoms with Crippen LogP contribution in [0.4, 0.5) is 5.82 Å². The van der Waals surface area contributed by atoms with Gasteiger partial charge >= 0.3 is 0 Å². The quantitative estimate of drug-likeness (QED) is 0.579. The van der Waals surface area contributed by atoms with Gasteiger partial charge in [0.1, 0.15) is 6.33 Å². The van der Waals surface area contributed by atoms with Crippen LogP contribution in [0.2, 0.25) is 0 Å². The van der Waals surface area contributed by atoms with Gasteiger partial charge in [0.05, 0.1) is 6.42 Å². The van der Waals surface area contributed by atoms with Crippen molar-refractivity contribution in [2.75, 3.05) is 31.1 Å². The minimum absolute atomic E-state index is 0.163. The summed E-state index contributed by atoms with van der Waals surface area (Å²) in [5, 5.41) is 9.74. The Hall–Kier alpha value is -3.68. The molecule has 0 unspecified atom stereocenters. The monoisotopic (exact) mass is 387 g/mol. The fourth-order valence-corrected chi connectivity index (χ4v) is 3.76. The normalized spacial score (nSPS) is 14.5. The second-order valence-electron chi connectivity index (χ2n) is 7.12. The van der Waals surface area contributed by atoms with Gasteiger partial charge in [-0.05, 0) is 23.8 Å². The first-order valence-electron chi connectivity index (χ1n) is 9.68. The van der Waals surface area contributed by atoms with Crippen LogP contribution in [0.3, 0.4) is 0 Å². The average Bonchev–Trinajstić information content (AvgIpc) is 3.45. The van der Waals surface area contributed by atoms with Crippen LogP contribution in [0.25, 0.3) is 16.7 Å². The average molecular weight is 387 g/mol. The number of aromatic amines is 1. The summed E-state index contributed by atoms with van der Waals surface area (Å²) in [5.74, 6) is 1.73. The van der Waals surface area contributed by atoms with Crippen LogP contribution in [0.1, 0.15) is 5.56 Å². The minimum Gasteiger partial charge on any atom is -0.361 e. The number of nitrogens with zero attached hydrogens (tertiary/aromatic N) is 6. The molecule has 146 valence electrons. The Morgan fingerprint density at radius 1 is 1.00 bits per heavy atom. The molecule has 1 aromatic carbocycles. The van der Waals surface area contributed by atoms with Crippen molar-refractivity contribution < 1.29 is 4.79 Å². The molecule has 8 nitrogen and oxygen atoms in total. The molecule has 0 spiro atoms. The van der Waals surface area contributed by atoms with Crippen molar-refractivity contribution in [3.8, 4) is 5.82 Å². The van der Waals surface area contributed by atoms with E-state index in [0.717, 1.165) is 41.2 Å². The highest BCUT2D eigenvalue weighted by Crippen LogP contribution is 2.20. The van der Waals surface area contributed by atoms with Crippen molar-refractivity contribution >= 4 is 22.6 Å². The van der Waals surface area contributed by atoms with E-state index in [9.17, 15) is 4.79 Å². The Morgan fingerprint density at radius 3 is 2.55 bits per heavy atom. The van der Waals surface area contributed by atoms with Gasteiger partial charge in [-0.3, -0.25) is 9.36 Å². The van der Waals surface area contributed by atoms with Crippen LogP contribution in [0, 0.1) is 0 Å². The number of anilines is 1. The van der Waals surface area contributed by atoms with E-state index in [0.29, 0.717) is 19.5 Å². The molecule has 4 heterocycles. The fourth-order valence-electron chi connectivity index (χ4n) is 3.76. The number of rotatable bonds is 4. The van der Waals surface area contributed by atoms with Crippen molar-refractivity contribution in [3.05, 3.63) is 66.9 Å². The Kier molecular flexibility index (Phi) is 4.44. The highest BCUT2D eigenvalue weighted by atomic mass is 16.2. The lowest BCUT2D eigenvalue weighted by Crippen LogP contribution is -2.49. The number of hydrogen-bond donors (Lipinski definition) is 1. The summed E-state index contributed by atoms with van der Waals surface area (Å²) in [4.78, 5) is 24.2. The van der Waals surface area contributed by atoms with Crippen LogP contribution < -0.4 is 4.90 Å². The van der Waals surface area contributed by atoms with Crippen LogP contribution in [0.15, 0.2) is 61.3 Å². The molecule has 1 N–H and O–H groups in total. The molecule has 0 atom stereocenters. The second-order valence-corrected chi connectivity index (χ2v) is 7.12. The molecule has 8 heteroatoms. The molecule has 3 aromatic heterocycles. The summed E-state index contributed by atoms with van der Waals surface area (Å²) >= 11 is 0. The zero-order valence-electron chi connectivity index (χ0n) is 15.9. The van der Waals surface area contributed by atoms with Crippen molar-refractivity contribution in [2.45, 2.75) is 6.42 Å². The lowest BCUT2D eigenvalue weighted by atomic mass is 10.1. The molecule has 0 aliphatic carbocycles. The van der Waals surface area contributed by atoms with Gasteiger partial charge in [-0.25, -0.2) is 4.98 Å². The molecular weight excluding hydrogens is 366 g/mol. The third kappa shape index (κ3) is 3.44. The highest BCUT2D eigenvalue weighted by molar-refractivity contribution is 5.89. The molecule has 1 saturated heterocycles. The van der Waals surface area contributed by atoms with Crippen LogP contribution in [0.5, 0.6) is 0 Å². The number of fused-ring (bicyclic) bond motifs is 1. The third-order valence-corrected chi connectivity index (χ3v) is 5.38. The number of aromatic nitrogens is 5. The molecule has 0 radical (unpaired) electrons. The molecule has 29 heavy (non-hydrogen) atoms. The van der Waals surface area contributed by atoms with Crippen molar-refractivity contribution in [1.29, 1.82) is 0 Å². The minimum atomic E-state index is 0.163. The fraction of sp³-hybridized carbons (Fsp3) is 0.238. The number of piperazine rings is 1. The highest BCUT2D eigenvalue weighted by Gasteiger charge is 2.23. The lowest BCUT2D eigenvalue weighted by molar-refractivity contribution is -0.130. The summed E-state index contributed by atoms with van der Waals surface area (Å²) in [6, 6.07) is 12.0. The number of amides is 1. The van der Waals surface area contributed by atoms with E-state index >= 15 is 0 Å². The van der Waals surface area contributed by atoms with Gasteiger partial charge in [0.2, 0.25) is 5.91 Å². The Balaban J connectivity index is 1.20. The smallest absolute Gasteiger partial charge is 0.227 e. The van der Waals surface area contributed by atoms with Gasteiger partial charge in [-0.15, -0.1) is 10.2 Å². The molecule has 5 rings (SSSR count). The van der Waals surface area contributed by atoms with E-state index in [4.69, 9.17) is 0 Å². The van der Waals surface area contributed by atoms with Crippen molar-refractivity contribution in [3.63, 3.8) is 0 Å². The molecule has 0 bridgehead atoms. The second kappa shape index (κ2) is 7.38. The molecule has 1 fully saturated rings. The number of benzene rings is 1. The van der Waals surface area contributed by atoms with E-state index in [1.54, 1.807) is 12.5 Å². The predicted molar refractivity (Wildman–Crippen MR) is 110 cm³/mol. The van der Waals surface area contributed by atoms with E-state index < -0.39 is 0 Å². The maximum Gasteiger partial charge on any atom is 0.227 e. The maximum absolute atomic E-state index is 12.8.